The molecular weight excluding hydrogens is 454 g/mol. The summed E-state index contributed by atoms with van der Waals surface area (Å²) in [7, 11) is -7.53. The molecule has 0 saturated heterocycles. The lowest BCUT2D eigenvalue weighted by Crippen LogP contribution is -2.12. The fourth-order valence-corrected chi connectivity index (χ4v) is 5.97. The van der Waals surface area contributed by atoms with Crippen molar-refractivity contribution in [1.82, 2.24) is 0 Å². The summed E-state index contributed by atoms with van der Waals surface area (Å²) in [6.45, 7) is 3.82. The molecule has 0 aliphatic rings. The van der Waals surface area contributed by atoms with Gasteiger partial charge in [-0.05, 0) is 61.9 Å². The van der Waals surface area contributed by atoms with Crippen LogP contribution in [0.4, 0.5) is 5.69 Å². The van der Waals surface area contributed by atoms with Crippen LogP contribution in [0.25, 0.3) is 11.1 Å². The number of benzene rings is 4. The minimum Gasteiger partial charge on any atom is -0.280 e. The number of rotatable bonds is 6. The van der Waals surface area contributed by atoms with E-state index in [2.05, 4.69) is 4.72 Å². The lowest BCUT2D eigenvalue weighted by molar-refractivity contribution is 0.595. The number of sulfonamides is 1. The molecule has 0 heterocycles. The Morgan fingerprint density at radius 3 is 1.70 bits per heavy atom. The molecule has 0 aliphatic heterocycles. The van der Waals surface area contributed by atoms with Gasteiger partial charge in [0.25, 0.3) is 10.0 Å². The van der Waals surface area contributed by atoms with Gasteiger partial charge < -0.3 is 0 Å². The largest absolute Gasteiger partial charge is 0.280 e. The Hall–Kier alpha value is -3.42. The van der Waals surface area contributed by atoms with E-state index in [1.807, 2.05) is 26.0 Å². The summed E-state index contributed by atoms with van der Waals surface area (Å²) in [5.74, 6) is 0. The summed E-state index contributed by atoms with van der Waals surface area (Å²) in [5, 5.41) is 0. The minimum absolute atomic E-state index is 0.0886. The van der Waals surface area contributed by atoms with Gasteiger partial charge in [0.1, 0.15) is 0 Å². The molecule has 0 radical (unpaired) electrons. The van der Waals surface area contributed by atoms with Gasteiger partial charge in [-0.1, -0.05) is 65.7 Å². The van der Waals surface area contributed by atoms with Crippen molar-refractivity contribution in [3.63, 3.8) is 0 Å². The quantitative estimate of drug-likeness (QED) is 0.392. The molecule has 0 spiro atoms. The average molecular weight is 478 g/mol. The maximum Gasteiger partial charge on any atom is 0.261 e. The van der Waals surface area contributed by atoms with Gasteiger partial charge in [-0.15, -0.1) is 0 Å². The lowest BCUT2D eigenvalue weighted by Gasteiger charge is -2.12. The molecule has 4 aromatic carbocycles. The summed E-state index contributed by atoms with van der Waals surface area (Å²) < 4.78 is 54.7. The van der Waals surface area contributed by atoms with Crippen molar-refractivity contribution in [3.8, 4) is 11.1 Å². The van der Waals surface area contributed by atoms with E-state index in [1.165, 1.54) is 12.1 Å². The van der Waals surface area contributed by atoms with Gasteiger partial charge in [-0.2, -0.15) is 0 Å². The van der Waals surface area contributed by atoms with Crippen LogP contribution < -0.4 is 4.72 Å². The Kier molecular flexibility index (Phi) is 6.10. The highest BCUT2D eigenvalue weighted by molar-refractivity contribution is 7.92. The van der Waals surface area contributed by atoms with Crippen molar-refractivity contribution in [1.29, 1.82) is 0 Å². The van der Waals surface area contributed by atoms with Crippen LogP contribution in [0.3, 0.4) is 0 Å². The molecular formula is C26H23NO4S2. The van der Waals surface area contributed by atoms with E-state index in [0.717, 1.165) is 11.1 Å². The second-order valence-corrected chi connectivity index (χ2v) is 11.4. The third-order valence-electron chi connectivity index (χ3n) is 5.29. The summed E-state index contributed by atoms with van der Waals surface area (Å²) in [6, 6.07) is 26.7. The van der Waals surface area contributed by atoms with E-state index in [4.69, 9.17) is 0 Å². The van der Waals surface area contributed by atoms with Crippen LogP contribution in [0.1, 0.15) is 11.1 Å². The zero-order valence-corrected chi connectivity index (χ0v) is 19.8. The molecule has 1 N–H and O–H groups in total. The minimum atomic E-state index is -3.78. The molecule has 33 heavy (non-hydrogen) atoms. The summed E-state index contributed by atoms with van der Waals surface area (Å²) in [5.41, 5.74) is 3.59. The smallest absolute Gasteiger partial charge is 0.261 e. The first kappa shape index (κ1) is 22.8. The van der Waals surface area contributed by atoms with Crippen molar-refractivity contribution in [2.45, 2.75) is 28.5 Å². The van der Waals surface area contributed by atoms with E-state index in [0.29, 0.717) is 16.8 Å². The highest BCUT2D eigenvalue weighted by atomic mass is 32.2. The third kappa shape index (κ3) is 4.84. The van der Waals surface area contributed by atoms with E-state index in [-0.39, 0.29) is 14.7 Å². The van der Waals surface area contributed by atoms with Crippen molar-refractivity contribution < 1.29 is 16.8 Å². The fourth-order valence-electron chi connectivity index (χ4n) is 3.43. The number of hydrogen-bond donors (Lipinski definition) is 1. The lowest BCUT2D eigenvalue weighted by atomic mass is 10.1. The fraction of sp³-hybridized carbons (Fsp3) is 0.0769. The number of hydrogen-bond acceptors (Lipinski definition) is 4. The molecule has 0 aliphatic carbocycles. The zero-order valence-electron chi connectivity index (χ0n) is 18.2. The molecule has 4 aromatic rings. The van der Waals surface area contributed by atoms with Crippen molar-refractivity contribution in [2.24, 2.45) is 0 Å². The second-order valence-electron chi connectivity index (χ2n) is 7.81. The number of nitrogens with one attached hydrogen (secondary N) is 1. The number of sulfone groups is 1. The summed E-state index contributed by atoms with van der Waals surface area (Å²) in [6.07, 6.45) is 0. The van der Waals surface area contributed by atoms with Crippen LogP contribution in [0.5, 0.6) is 0 Å². The van der Waals surface area contributed by atoms with E-state index >= 15 is 0 Å². The predicted molar refractivity (Wildman–Crippen MR) is 130 cm³/mol. The third-order valence-corrected chi connectivity index (χ3v) is 8.51. The topological polar surface area (TPSA) is 80.3 Å². The molecule has 0 unspecified atom stereocenters. The zero-order chi connectivity index (χ0) is 23.6. The van der Waals surface area contributed by atoms with Crippen LogP contribution in [-0.2, 0) is 19.9 Å². The summed E-state index contributed by atoms with van der Waals surface area (Å²) in [4.78, 5) is 0.468. The molecule has 0 saturated carbocycles. The van der Waals surface area contributed by atoms with Gasteiger partial charge in [-0.3, -0.25) is 4.72 Å². The molecule has 0 amide bonds. The highest BCUT2D eigenvalue weighted by Crippen LogP contribution is 2.32. The predicted octanol–water partition coefficient (Wildman–Crippen LogP) is 5.60. The van der Waals surface area contributed by atoms with Crippen molar-refractivity contribution in [3.05, 3.63) is 108 Å². The Balaban J connectivity index is 1.68. The molecule has 5 nitrogen and oxygen atoms in total. The van der Waals surface area contributed by atoms with Gasteiger partial charge in [0, 0.05) is 11.3 Å². The normalized spacial score (nSPS) is 11.8. The van der Waals surface area contributed by atoms with Crippen LogP contribution in [0.15, 0.2) is 112 Å². The van der Waals surface area contributed by atoms with Gasteiger partial charge in [0.15, 0.2) is 0 Å². The first-order chi connectivity index (χ1) is 15.7. The van der Waals surface area contributed by atoms with Crippen molar-refractivity contribution in [2.75, 3.05) is 4.72 Å². The van der Waals surface area contributed by atoms with Gasteiger partial charge in [-0.25, -0.2) is 16.8 Å². The Morgan fingerprint density at radius 1 is 0.576 bits per heavy atom. The molecule has 4 rings (SSSR count). The Bertz CT molecular complexity index is 1490. The number of aryl methyl sites for hydroxylation is 2. The van der Waals surface area contributed by atoms with Crippen LogP contribution in [0, 0.1) is 13.8 Å². The molecule has 0 fully saturated rings. The monoisotopic (exact) mass is 477 g/mol. The van der Waals surface area contributed by atoms with E-state index < -0.39 is 19.9 Å². The maximum absolute atomic E-state index is 13.3. The molecule has 0 bridgehead atoms. The first-order valence-corrected chi connectivity index (χ1v) is 13.2. The SMILES string of the molecule is Cc1ccc(NS(=O)(=O)c2ccc(-c3ccccc3S(=O)(=O)c3ccc(C)cc3)cc2)cc1. The number of anilines is 1. The van der Waals surface area contributed by atoms with Crippen LogP contribution in [0.2, 0.25) is 0 Å². The molecule has 168 valence electrons. The van der Waals surface area contributed by atoms with Crippen molar-refractivity contribution >= 4 is 25.5 Å². The van der Waals surface area contributed by atoms with Gasteiger partial charge in [0.05, 0.1) is 14.7 Å². The van der Waals surface area contributed by atoms with E-state index in [9.17, 15) is 16.8 Å². The van der Waals surface area contributed by atoms with Crippen LogP contribution in [-0.4, -0.2) is 16.8 Å². The molecule has 7 heteroatoms. The van der Waals surface area contributed by atoms with E-state index in [1.54, 1.807) is 72.8 Å². The second kappa shape index (κ2) is 8.84. The maximum atomic E-state index is 13.3. The van der Waals surface area contributed by atoms with Crippen LogP contribution >= 0.6 is 0 Å². The highest BCUT2D eigenvalue weighted by Gasteiger charge is 2.22. The molecule has 0 atom stereocenters. The van der Waals surface area contributed by atoms with Gasteiger partial charge in [0.2, 0.25) is 9.84 Å². The first-order valence-electron chi connectivity index (χ1n) is 10.3. The summed E-state index contributed by atoms with van der Waals surface area (Å²) >= 11 is 0. The Labute approximate surface area is 194 Å². The standard InChI is InChI=1S/C26H23NO4S2/c1-19-7-13-22(14-8-19)27-33(30,31)24-17-11-21(12-18-24)25-5-3-4-6-26(25)32(28,29)23-15-9-20(2)10-16-23/h3-18,27H,1-2H3. The average Bonchev–Trinajstić information content (AvgIpc) is 2.81. The van der Waals surface area contributed by atoms with Gasteiger partial charge >= 0.3 is 0 Å². The molecule has 0 aromatic heterocycles. The Morgan fingerprint density at radius 2 is 1.09 bits per heavy atom.